The highest BCUT2D eigenvalue weighted by molar-refractivity contribution is 6.30. The van der Waals surface area contributed by atoms with Crippen molar-refractivity contribution in [1.82, 2.24) is 5.43 Å². The number of nitrogens with one attached hydrogen (secondary N) is 1. The lowest BCUT2D eigenvalue weighted by Crippen LogP contribution is -2.17. The van der Waals surface area contributed by atoms with Gasteiger partial charge in [0, 0.05) is 16.1 Å². The SMILES string of the molecule is O=C(N/N=C/c1ccccc1OC(=O)c1ccc(Cl)cc1)c1ccccc1. The van der Waals surface area contributed by atoms with Gasteiger partial charge in [-0.15, -0.1) is 0 Å². The Kier molecular flexibility index (Phi) is 5.97. The van der Waals surface area contributed by atoms with Gasteiger partial charge in [0.25, 0.3) is 5.91 Å². The first-order chi connectivity index (χ1) is 13.1. The third kappa shape index (κ3) is 5.03. The molecule has 0 aliphatic carbocycles. The lowest BCUT2D eigenvalue weighted by molar-refractivity contribution is 0.0734. The fraction of sp³-hybridized carbons (Fsp3) is 0. The molecule has 0 atom stereocenters. The molecule has 0 saturated carbocycles. The van der Waals surface area contributed by atoms with Crippen molar-refractivity contribution in [3.8, 4) is 5.75 Å². The number of rotatable bonds is 5. The summed E-state index contributed by atoms with van der Waals surface area (Å²) in [6.07, 6.45) is 1.42. The van der Waals surface area contributed by atoms with Crippen LogP contribution in [-0.4, -0.2) is 18.1 Å². The summed E-state index contributed by atoms with van der Waals surface area (Å²) in [6, 6.07) is 22.0. The van der Waals surface area contributed by atoms with Crippen molar-refractivity contribution in [2.45, 2.75) is 0 Å². The number of para-hydroxylation sites is 1. The van der Waals surface area contributed by atoms with Gasteiger partial charge in [0.05, 0.1) is 11.8 Å². The number of carbonyl (C=O) groups excluding carboxylic acids is 2. The molecular formula is C21H15ClN2O3. The van der Waals surface area contributed by atoms with E-state index in [0.717, 1.165) is 0 Å². The Hall–Kier alpha value is -3.44. The zero-order valence-electron chi connectivity index (χ0n) is 14.1. The molecule has 0 saturated heterocycles. The fourth-order valence-electron chi connectivity index (χ4n) is 2.24. The number of hydrogen-bond acceptors (Lipinski definition) is 4. The summed E-state index contributed by atoms with van der Waals surface area (Å²) >= 11 is 5.82. The summed E-state index contributed by atoms with van der Waals surface area (Å²) in [5.74, 6) is -0.515. The van der Waals surface area contributed by atoms with E-state index < -0.39 is 5.97 Å². The normalized spacial score (nSPS) is 10.6. The van der Waals surface area contributed by atoms with Crippen LogP contribution in [0.5, 0.6) is 5.75 Å². The largest absolute Gasteiger partial charge is 0.422 e. The molecule has 0 aliphatic rings. The summed E-state index contributed by atoms with van der Waals surface area (Å²) in [4.78, 5) is 24.3. The molecule has 3 aromatic carbocycles. The molecule has 1 N–H and O–H groups in total. The highest BCUT2D eigenvalue weighted by Crippen LogP contribution is 2.18. The first-order valence-electron chi connectivity index (χ1n) is 8.09. The van der Waals surface area contributed by atoms with Gasteiger partial charge >= 0.3 is 5.97 Å². The summed E-state index contributed by atoms with van der Waals surface area (Å²) in [5, 5.41) is 4.47. The Balaban J connectivity index is 1.69. The third-order valence-corrected chi connectivity index (χ3v) is 3.86. The Bertz CT molecular complexity index is 970. The minimum Gasteiger partial charge on any atom is -0.422 e. The topological polar surface area (TPSA) is 67.8 Å². The van der Waals surface area contributed by atoms with Crippen molar-refractivity contribution in [2.24, 2.45) is 5.10 Å². The number of hydrogen-bond donors (Lipinski definition) is 1. The smallest absolute Gasteiger partial charge is 0.343 e. The number of nitrogens with zero attached hydrogens (tertiary/aromatic N) is 1. The Morgan fingerprint density at radius 1 is 0.852 bits per heavy atom. The van der Waals surface area contributed by atoms with Crippen molar-refractivity contribution in [3.05, 3.63) is 101 Å². The van der Waals surface area contributed by atoms with E-state index in [-0.39, 0.29) is 5.91 Å². The fourth-order valence-corrected chi connectivity index (χ4v) is 2.37. The summed E-state index contributed by atoms with van der Waals surface area (Å²) in [7, 11) is 0. The average molecular weight is 379 g/mol. The third-order valence-electron chi connectivity index (χ3n) is 3.61. The van der Waals surface area contributed by atoms with E-state index in [0.29, 0.717) is 27.5 Å². The molecule has 27 heavy (non-hydrogen) atoms. The van der Waals surface area contributed by atoms with Crippen LogP contribution >= 0.6 is 11.6 Å². The molecule has 134 valence electrons. The molecule has 0 radical (unpaired) electrons. The van der Waals surface area contributed by atoms with Crippen molar-refractivity contribution in [3.63, 3.8) is 0 Å². The van der Waals surface area contributed by atoms with E-state index in [1.165, 1.54) is 6.21 Å². The molecule has 0 spiro atoms. The first kappa shape index (κ1) is 18.4. The maximum atomic E-state index is 12.3. The lowest BCUT2D eigenvalue weighted by Gasteiger charge is -2.07. The van der Waals surface area contributed by atoms with E-state index in [1.807, 2.05) is 6.07 Å². The molecule has 0 aromatic heterocycles. The highest BCUT2D eigenvalue weighted by Gasteiger charge is 2.11. The molecule has 0 bridgehead atoms. The van der Waals surface area contributed by atoms with Gasteiger partial charge in [0.2, 0.25) is 0 Å². The van der Waals surface area contributed by atoms with Gasteiger partial charge in [0.15, 0.2) is 0 Å². The maximum Gasteiger partial charge on any atom is 0.343 e. The second-order valence-corrected chi connectivity index (χ2v) is 5.94. The average Bonchev–Trinajstić information content (AvgIpc) is 2.70. The number of benzene rings is 3. The van der Waals surface area contributed by atoms with Crippen molar-refractivity contribution >= 4 is 29.7 Å². The van der Waals surface area contributed by atoms with Gasteiger partial charge in [-0.1, -0.05) is 41.9 Å². The molecule has 1 amide bonds. The minimum absolute atomic E-state index is 0.329. The molecular weight excluding hydrogens is 364 g/mol. The van der Waals surface area contributed by atoms with E-state index in [9.17, 15) is 9.59 Å². The predicted molar refractivity (Wildman–Crippen MR) is 104 cm³/mol. The predicted octanol–water partition coefficient (Wildman–Crippen LogP) is 4.32. The van der Waals surface area contributed by atoms with Gasteiger partial charge in [0.1, 0.15) is 5.75 Å². The van der Waals surface area contributed by atoms with E-state index in [1.54, 1.807) is 72.8 Å². The molecule has 3 rings (SSSR count). The molecule has 0 fully saturated rings. The number of carbonyl (C=O) groups is 2. The standard InChI is InChI=1S/C21H15ClN2O3/c22-18-12-10-16(11-13-18)21(26)27-19-9-5-4-8-17(19)14-23-24-20(25)15-6-2-1-3-7-15/h1-14H,(H,24,25)/b23-14+. The van der Waals surface area contributed by atoms with Gasteiger partial charge in [-0.2, -0.15) is 5.10 Å². The van der Waals surface area contributed by atoms with Crippen molar-refractivity contribution in [1.29, 1.82) is 0 Å². The van der Waals surface area contributed by atoms with E-state index in [2.05, 4.69) is 10.5 Å². The van der Waals surface area contributed by atoms with Crippen LogP contribution < -0.4 is 10.2 Å². The summed E-state index contributed by atoms with van der Waals surface area (Å²) in [6.45, 7) is 0. The molecule has 0 aliphatic heterocycles. The summed E-state index contributed by atoms with van der Waals surface area (Å²) < 4.78 is 5.43. The zero-order chi connectivity index (χ0) is 19.1. The molecule has 5 nitrogen and oxygen atoms in total. The quantitative estimate of drug-likeness (QED) is 0.311. The number of hydrazone groups is 1. The van der Waals surface area contributed by atoms with Crippen LogP contribution in [0.25, 0.3) is 0 Å². The molecule has 0 heterocycles. The van der Waals surface area contributed by atoms with Crippen LogP contribution in [0.15, 0.2) is 84.0 Å². The number of halogens is 1. The summed E-state index contributed by atoms with van der Waals surface area (Å²) in [5.41, 5.74) is 3.87. The van der Waals surface area contributed by atoms with Crippen molar-refractivity contribution in [2.75, 3.05) is 0 Å². The van der Waals surface area contributed by atoms with E-state index >= 15 is 0 Å². The molecule has 0 unspecified atom stereocenters. The Morgan fingerprint density at radius 2 is 1.52 bits per heavy atom. The van der Waals surface area contributed by atoms with Crippen LogP contribution in [0, 0.1) is 0 Å². The number of amides is 1. The highest BCUT2D eigenvalue weighted by atomic mass is 35.5. The monoisotopic (exact) mass is 378 g/mol. The Morgan fingerprint density at radius 3 is 2.26 bits per heavy atom. The van der Waals surface area contributed by atoms with Crippen molar-refractivity contribution < 1.29 is 14.3 Å². The second-order valence-electron chi connectivity index (χ2n) is 5.50. The number of esters is 1. The van der Waals surface area contributed by atoms with Gasteiger partial charge in [-0.25, -0.2) is 10.2 Å². The van der Waals surface area contributed by atoms with Crippen LogP contribution in [0.1, 0.15) is 26.3 Å². The second kappa shape index (κ2) is 8.78. The number of ether oxygens (including phenoxy) is 1. The van der Waals surface area contributed by atoms with E-state index in [4.69, 9.17) is 16.3 Å². The van der Waals surface area contributed by atoms with Gasteiger partial charge in [-0.05, 0) is 48.5 Å². The molecule has 3 aromatic rings. The lowest BCUT2D eigenvalue weighted by atomic mass is 10.2. The molecule has 6 heteroatoms. The minimum atomic E-state index is -0.513. The van der Waals surface area contributed by atoms with Crippen LogP contribution in [0.3, 0.4) is 0 Å². The Labute approximate surface area is 161 Å². The van der Waals surface area contributed by atoms with Crippen LogP contribution in [-0.2, 0) is 0 Å². The van der Waals surface area contributed by atoms with Crippen LogP contribution in [0.2, 0.25) is 5.02 Å². The zero-order valence-corrected chi connectivity index (χ0v) is 14.9. The first-order valence-corrected chi connectivity index (χ1v) is 8.46. The van der Waals surface area contributed by atoms with Crippen LogP contribution in [0.4, 0.5) is 0 Å². The van der Waals surface area contributed by atoms with Gasteiger partial charge in [-0.3, -0.25) is 4.79 Å². The maximum absolute atomic E-state index is 12.3. The van der Waals surface area contributed by atoms with Gasteiger partial charge < -0.3 is 4.74 Å².